The lowest BCUT2D eigenvalue weighted by molar-refractivity contribution is 0.174. The van der Waals surface area contributed by atoms with Gasteiger partial charge < -0.3 is 9.47 Å². The summed E-state index contributed by atoms with van der Waals surface area (Å²) in [6.07, 6.45) is 0.923. The summed E-state index contributed by atoms with van der Waals surface area (Å²) in [6.45, 7) is 4.95. The van der Waals surface area contributed by atoms with Crippen molar-refractivity contribution < 1.29 is 9.47 Å². The summed E-state index contributed by atoms with van der Waals surface area (Å²) >= 11 is 0. The molecule has 0 saturated carbocycles. The maximum absolute atomic E-state index is 5.40. The van der Waals surface area contributed by atoms with Crippen molar-refractivity contribution in [3.63, 3.8) is 0 Å². The summed E-state index contributed by atoms with van der Waals surface area (Å²) < 4.78 is 10.8. The number of fused-ring (bicyclic) bond motifs is 2. The van der Waals surface area contributed by atoms with Crippen molar-refractivity contribution in [1.82, 2.24) is 5.43 Å². The average Bonchev–Trinajstić information content (AvgIpc) is 2.80. The van der Waals surface area contributed by atoms with E-state index in [1.165, 1.54) is 5.56 Å². The highest BCUT2D eigenvalue weighted by Gasteiger charge is 2.21. The molecule has 0 radical (unpaired) electrons. The van der Waals surface area contributed by atoms with Gasteiger partial charge in [0.25, 0.3) is 0 Å². The van der Waals surface area contributed by atoms with Crippen LogP contribution in [0, 0.1) is 0 Å². The highest BCUT2D eigenvalue weighted by Crippen LogP contribution is 2.35. The molecule has 0 unspecified atom stereocenters. The topological polar surface area (TPSA) is 55.2 Å². The normalized spacial score (nSPS) is 15.8. The number of hydrazone groups is 1. The van der Waals surface area contributed by atoms with E-state index in [9.17, 15) is 0 Å². The summed E-state index contributed by atoms with van der Waals surface area (Å²) in [4.78, 5) is 4.47. The van der Waals surface area contributed by atoms with Crippen molar-refractivity contribution in [1.29, 1.82) is 0 Å². The number of hydrogen-bond acceptors (Lipinski definition) is 5. The van der Waals surface area contributed by atoms with E-state index in [4.69, 9.17) is 9.47 Å². The molecule has 2 aliphatic rings. The Morgan fingerprint density at radius 1 is 1.28 bits per heavy atom. The molecule has 0 amide bonds. The molecule has 18 heavy (non-hydrogen) atoms. The summed E-state index contributed by atoms with van der Waals surface area (Å²) in [6, 6.07) is 4.01. The minimum Gasteiger partial charge on any atom is -0.454 e. The summed E-state index contributed by atoms with van der Waals surface area (Å²) in [5.41, 5.74) is 6.25. The van der Waals surface area contributed by atoms with Gasteiger partial charge in [0.05, 0.1) is 0 Å². The van der Waals surface area contributed by atoms with E-state index in [-0.39, 0.29) is 0 Å². The predicted molar refractivity (Wildman–Crippen MR) is 69.6 cm³/mol. The van der Waals surface area contributed by atoms with Gasteiger partial charge in [0.15, 0.2) is 11.5 Å². The fraction of sp³-hybridized carbons (Fsp3) is 0.385. The van der Waals surface area contributed by atoms with Gasteiger partial charge in [0.1, 0.15) is 5.84 Å². The second-order valence-electron chi connectivity index (χ2n) is 4.51. The quantitative estimate of drug-likeness (QED) is 0.605. The Morgan fingerprint density at radius 3 is 2.83 bits per heavy atom. The van der Waals surface area contributed by atoms with Crippen LogP contribution in [-0.2, 0) is 6.42 Å². The molecule has 0 aromatic heterocycles. The first-order valence-electron chi connectivity index (χ1n) is 5.98. The lowest BCUT2D eigenvalue weighted by Crippen LogP contribution is -2.25. The fourth-order valence-corrected chi connectivity index (χ4v) is 2.05. The zero-order valence-electron chi connectivity index (χ0n) is 10.5. The third-order valence-electron chi connectivity index (χ3n) is 2.89. The molecule has 0 spiro atoms. The van der Waals surface area contributed by atoms with Crippen LogP contribution in [-0.4, -0.2) is 24.9 Å². The highest BCUT2D eigenvalue weighted by molar-refractivity contribution is 6.02. The minimum absolute atomic E-state index is 0.296. The smallest absolute Gasteiger partial charge is 0.231 e. The largest absolute Gasteiger partial charge is 0.454 e. The van der Waals surface area contributed by atoms with Crippen molar-refractivity contribution in [3.8, 4) is 11.5 Å². The molecule has 0 atom stereocenters. The number of benzene rings is 1. The number of aliphatic imine (C=N–C) groups is 1. The standard InChI is InChI=1S/C13H15N3O2/c1-8(2)15-16-13-10-6-12-11(17-7-18-12)5-9(10)3-4-14-13/h5-6H,3-4,7H2,1-2H3,(H,14,16). The summed E-state index contributed by atoms with van der Waals surface area (Å²) in [5.74, 6) is 2.41. The molecule has 1 N–H and O–H groups in total. The molecule has 5 heteroatoms. The summed E-state index contributed by atoms with van der Waals surface area (Å²) in [7, 11) is 0. The molecule has 2 aliphatic heterocycles. The molecule has 1 aromatic carbocycles. The van der Waals surface area contributed by atoms with E-state index >= 15 is 0 Å². The second-order valence-corrected chi connectivity index (χ2v) is 4.51. The second kappa shape index (κ2) is 4.33. The molecule has 0 saturated heterocycles. The summed E-state index contributed by atoms with van der Waals surface area (Å²) in [5, 5.41) is 4.20. The van der Waals surface area contributed by atoms with Crippen LogP contribution in [0.2, 0.25) is 0 Å². The van der Waals surface area contributed by atoms with Crippen LogP contribution in [0.25, 0.3) is 0 Å². The number of nitrogens with one attached hydrogen (secondary N) is 1. The maximum atomic E-state index is 5.40. The van der Waals surface area contributed by atoms with Crippen molar-refractivity contribution >= 4 is 11.5 Å². The Hall–Kier alpha value is -2.04. The molecule has 0 bridgehead atoms. The Labute approximate surface area is 106 Å². The van der Waals surface area contributed by atoms with Gasteiger partial charge in [-0.25, -0.2) is 0 Å². The minimum atomic E-state index is 0.296. The molecule has 0 aliphatic carbocycles. The molecule has 3 rings (SSSR count). The van der Waals surface area contributed by atoms with E-state index in [1.807, 2.05) is 26.0 Å². The molecule has 5 nitrogen and oxygen atoms in total. The first kappa shape index (κ1) is 11.1. The van der Waals surface area contributed by atoms with E-state index in [0.717, 1.165) is 41.6 Å². The van der Waals surface area contributed by atoms with Crippen molar-refractivity contribution in [3.05, 3.63) is 23.3 Å². The average molecular weight is 245 g/mol. The molecular weight excluding hydrogens is 230 g/mol. The van der Waals surface area contributed by atoms with Crippen LogP contribution in [0.15, 0.2) is 22.2 Å². The third-order valence-corrected chi connectivity index (χ3v) is 2.89. The van der Waals surface area contributed by atoms with Gasteiger partial charge in [0.2, 0.25) is 6.79 Å². The zero-order valence-corrected chi connectivity index (χ0v) is 10.5. The zero-order chi connectivity index (χ0) is 12.5. The Morgan fingerprint density at radius 2 is 2.06 bits per heavy atom. The van der Waals surface area contributed by atoms with Gasteiger partial charge in [-0.2, -0.15) is 5.10 Å². The van der Waals surface area contributed by atoms with Crippen LogP contribution >= 0.6 is 0 Å². The van der Waals surface area contributed by atoms with E-state index in [2.05, 4.69) is 15.5 Å². The van der Waals surface area contributed by atoms with E-state index < -0.39 is 0 Å². The van der Waals surface area contributed by atoms with Gasteiger partial charge in [-0.1, -0.05) is 0 Å². The lowest BCUT2D eigenvalue weighted by atomic mass is 10.0. The molecule has 1 aromatic rings. The van der Waals surface area contributed by atoms with Crippen molar-refractivity contribution in [2.45, 2.75) is 20.3 Å². The van der Waals surface area contributed by atoms with Crippen LogP contribution in [0.1, 0.15) is 25.0 Å². The maximum Gasteiger partial charge on any atom is 0.231 e. The number of nitrogens with zero attached hydrogens (tertiary/aromatic N) is 2. The Bertz CT molecular complexity index is 545. The van der Waals surface area contributed by atoms with Crippen LogP contribution < -0.4 is 14.9 Å². The molecular formula is C13H15N3O2. The Kier molecular flexibility index (Phi) is 2.66. The molecule has 0 fully saturated rings. The first-order chi connectivity index (χ1) is 8.74. The number of ether oxygens (including phenoxy) is 2. The monoisotopic (exact) mass is 245 g/mol. The van der Waals surface area contributed by atoms with Gasteiger partial charge in [0, 0.05) is 17.8 Å². The molecule has 2 heterocycles. The first-order valence-corrected chi connectivity index (χ1v) is 5.98. The fourth-order valence-electron chi connectivity index (χ4n) is 2.05. The number of hydrogen-bond donors (Lipinski definition) is 1. The SMILES string of the molecule is CC(C)=NNC1=NCCc2cc3c(cc21)OCO3. The molecule has 94 valence electrons. The third kappa shape index (κ3) is 1.92. The highest BCUT2D eigenvalue weighted by atomic mass is 16.7. The van der Waals surface area contributed by atoms with Gasteiger partial charge >= 0.3 is 0 Å². The van der Waals surface area contributed by atoms with E-state index in [1.54, 1.807) is 0 Å². The van der Waals surface area contributed by atoms with Gasteiger partial charge in [-0.15, -0.1) is 0 Å². The van der Waals surface area contributed by atoms with Gasteiger partial charge in [-0.3, -0.25) is 10.4 Å². The lowest BCUT2D eigenvalue weighted by Gasteiger charge is -2.17. The van der Waals surface area contributed by atoms with Crippen LogP contribution in [0.4, 0.5) is 0 Å². The van der Waals surface area contributed by atoms with Gasteiger partial charge in [-0.05, 0) is 38.0 Å². The number of rotatable bonds is 1. The predicted octanol–water partition coefficient (Wildman–Crippen LogP) is 1.70. The van der Waals surface area contributed by atoms with E-state index in [0.29, 0.717) is 6.79 Å². The van der Waals surface area contributed by atoms with Crippen LogP contribution in [0.5, 0.6) is 11.5 Å². The van der Waals surface area contributed by atoms with Crippen LogP contribution in [0.3, 0.4) is 0 Å². The number of amidine groups is 1. The van der Waals surface area contributed by atoms with Crippen molar-refractivity contribution in [2.24, 2.45) is 10.1 Å². The van der Waals surface area contributed by atoms with Crippen molar-refractivity contribution in [2.75, 3.05) is 13.3 Å². The Balaban J connectivity index is 1.97.